The third-order valence-electron chi connectivity index (χ3n) is 1.73. The van der Waals surface area contributed by atoms with Gasteiger partial charge in [-0.2, -0.15) is 0 Å². The average Bonchev–Trinajstić information content (AvgIpc) is 2.13. The fraction of sp³-hybridized carbons (Fsp3) is 0.444. The molecule has 0 aromatic carbocycles. The van der Waals surface area contributed by atoms with Crippen molar-refractivity contribution in [3.8, 4) is 0 Å². The lowest BCUT2D eigenvalue weighted by atomic mass is 10.2. The van der Waals surface area contributed by atoms with Crippen LogP contribution in [-0.4, -0.2) is 27.6 Å². The summed E-state index contributed by atoms with van der Waals surface area (Å²) in [5.41, 5.74) is -0.290. The van der Waals surface area contributed by atoms with Crippen molar-refractivity contribution in [2.75, 3.05) is 11.9 Å². The lowest BCUT2D eigenvalue weighted by molar-refractivity contribution is -0.134. The first-order chi connectivity index (χ1) is 6.99. The number of anilines is 1. The number of rotatable bonds is 4. The predicted molar refractivity (Wildman–Crippen MR) is 55.1 cm³/mol. The van der Waals surface area contributed by atoms with Crippen LogP contribution in [0.2, 0.25) is 0 Å². The molecule has 0 saturated carbocycles. The molecular weight excluding hydrogens is 198 g/mol. The number of aromatic nitrogens is 2. The van der Waals surface area contributed by atoms with Gasteiger partial charge in [-0.05, 0) is 0 Å². The SMILES string of the molecule is CC(C)c1nc(NCC(=O)O)cc(=O)[nH]1. The molecule has 6 heteroatoms. The number of carboxylic acid groups (broad SMARTS) is 1. The van der Waals surface area contributed by atoms with Crippen molar-refractivity contribution in [2.45, 2.75) is 19.8 Å². The summed E-state index contributed by atoms with van der Waals surface area (Å²) in [6, 6.07) is 1.23. The van der Waals surface area contributed by atoms with Crippen molar-refractivity contribution in [2.24, 2.45) is 0 Å². The molecule has 0 radical (unpaired) electrons. The quantitative estimate of drug-likeness (QED) is 0.669. The van der Waals surface area contributed by atoms with Gasteiger partial charge in [0.1, 0.15) is 18.2 Å². The molecule has 82 valence electrons. The second-order valence-electron chi connectivity index (χ2n) is 3.42. The van der Waals surface area contributed by atoms with E-state index in [9.17, 15) is 9.59 Å². The highest BCUT2D eigenvalue weighted by molar-refractivity contribution is 5.72. The van der Waals surface area contributed by atoms with Crippen LogP contribution in [0.4, 0.5) is 5.82 Å². The third-order valence-corrected chi connectivity index (χ3v) is 1.73. The molecule has 0 fully saturated rings. The Hall–Kier alpha value is -1.85. The number of nitrogens with zero attached hydrogens (tertiary/aromatic N) is 1. The molecule has 0 amide bonds. The van der Waals surface area contributed by atoms with E-state index in [1.165, 1.54) is 6.07 Å². The van der Waals surface area contributed by atoms with Crippen LogP contribution in [0.3, 0.4) is 0 Å². The highest BCUT2D eigenvalue weighted by atomic mass is 16.4. The van der Waals surface area contributed by atoms with Crippen LogP contribution in [0.25, 0.3) is 0 Å². The number of hydrogen-bond donors (Lipinski definition) is 3. The van der Waals surface area contributed by atoms with Crippen LogP contribution in [0, 0.1) is 0 Å². The maximum Gasteiger partial charge on any atom is 0.322 e. The molecule has 1 heterocycles. The fourth-order valence-corrected chi connectivity index (χ4v) is 1.01. The molecule has 0 atom stereocenters. The van der Waals surface area contributed by atoms with E-state index in [0.29, 0.717) is 5.82 Å². The zero-order valence-electron chi connectivity index (χ0n) is 8.57. The summed E-state index contributed by atoms with van der Waals surface area (Å²) in [5, 5.41) is 11.0. The van der Waals surface area contributed by atoms with Gasteiger partial charge < -0.3 is 15.4 Å². The molecule has 1 aromatic rings. The van der Waals surface area contributed by atoms with Gasteiger partial charge in [-0.15, -0.1) is 0 Å². The first kappa shape index (κ1) is 11.2. The van der Waals surface area contributed by atoms with Gasteiger partial charge >= 0.3 is 5.97 Å². The van der Waals surface area contributed by atoms with Gasteiger partial charge in [0, 0.05) is 12.0 Å². The highest BCUT2D eigenvalue weighted by Gasteiger charge is 2.05. The summed E-state index contributed by atoms with van der Waals surface area (Å²) in [6.07, 6.45) is 0. The highest BCUT2D eigenvalue weighted by Crippen LogP contribution is 2.08. The van der Waals surface area contributed by atoms with Gasteiger partial charge in [0.05, 0.1) is 0 Å². The van der Waals surface area contributed by atoms with Crippen molar-refractivity contribution < 1.29 is 9.90 Å². The Balaban J connectivity index is 2.89. The molecule has 0 aliphatic carbocycles. The molecule has 0 bridgehead atoms. The van der Waals surface area contributed by atoms with Crippen molar-refractivity contribution in [3.05, 3.63) is 22.2 Å². The molecule has 15 heavy (non-hydrogen) atoms. The van der Waals surface area contributed by atoms with Crippen molar-refractivity contribution >= 4 is 11.8 Å². The largest absolute Gasteiger partial charge is 0.480 e. The third kappa shape index (κ3) is 3.41. The van der Waals surface area contributed by atoms with E-state index >= 15 is 0 Å². The van der Waals surface area contributed by atoms with Crippen molar-refractivity contribution in [1.29, 1.82) is 0 Å². The number of aromatic amines is 1. The van der Waals surface area contributed by atoms with Gasteiger partial charge in [0.25, 0.3) is 5.56 Å². The fourth-order valence-electron chi connectivity index (χ4n) is 1.01. The predicted octanol–water partition coefficient (Wildman–Crippen LogP) is 0.390. The van der Waals surface area contributed by atoms with E-state index in [4.69, 9.17) is 5.11 Å². The minimum atomic E-state index is -0.997. The molecule has 0 unspecified atom stereocenters. The second kappa shape index (κ2) is 4.59. The monoisotopic (exact) mass is 211 g/mol. The summed E-state index contributed by atoms with van der Waals surface area (Å²) in [4.78, 5) is 28.1. The van der Waals surface area contributed by atoms with E-state index < -0.39 is 5.97 Å². The Labute approximate surface area is 86.4 Å². The maximum atomic E-state index is 11.2. The summed E-state index contributed by atoms with van der Waals surface area (Å²) in [7, 11) is 0. The first-order valence-electron chi connectivity index (χ1n) is 4.56. The van der Waals surface area contributed by atoms with Crippen molar-refractivity contribution in [3.63, 3.8) is 0 Å². The molecule has 1 aromatic heterocycles. The summed E-state index contributed by atoms with van der Waals surface area (Å²) in [5.74, 6) is -0.0901. The number of H-pyrrole nitrogens is 1. The molecule has 0 spiro atoms. The number of carboxylic acids is 1. The lowest BCUT2D eigenvalue weighted by Gasteiger charge is -2.07. The normalized spacial score (nSPS) is 10.3. The van der Waals surface area contributed by atoms with E-state index in [1.54, 1.807) is 0 Å². The minimum Gasteiger partial charge on any atom is -0.480 e. The van der Waals surface area contributed by atoms with Gasteiger partial charge in [-0.1, -0.05) is 13.8 Å². The molecule has 0 aliphatic heterocycles. The van der Waals surface area contributed by atoms with Gasteiger partial charge in [-0.3, -0.25) is 9.59 Å². The molecule has 0 saturated heterocycles. The van der Waals surface area contributed by atoms with E-state index in [2.05, 4.69) is 15.3 Å². The van der Waals surface area contributed by atoms with E-state index in [0.717, 1.165) is 0 Å². The number of carbonyl (C=O) groups is 1. The van der Waals surface area contributed by atoms with Gasteiger partial charge in [0.15, 0.2) is 0 Å². The number of aliphatic carboxylic acids is 1. The first-order valence-corrected chi connectivity index (χ1v) is 4.56. The number of hydrogen-bond acceptors (Lipinski definition) is 4. The topological polar surface area (TPSA) is 95.1 Å². The van der Waals surface area contributed by atoms with E-state index in [1.807, 2.05) is 13.8 Å². The Kier molecular flexibility index (Phi) is 3.43. The van der Waals surface area contributed by atoms with Crippen LogP contribution in [0.1, 0.15) is 25.6 Å². The second-order valence-corrected chi connectivity index (χ2v) is 3.42. The van der Waals surface area contributed by atoms with Crippen molar-refractivity contribution in [1.82, 2.24) is 9.97 Å². The number of nitrogens with one attached hydrogen (secondary N) is 2. The Bertz CT molecular complexity index is 411. The zero-order valence-corrected chi connectivity index (χ0v) is 8.57. The maximum absolute atomic E-state index is 11.2. The van der Waals surface area contributed by atoms with E-state index in [-0.39, 0.29) is 23.8 Å². The van der Waals surface area contributed by atoms with Crippen LogP contribution < -0.4 is 10.9 Å². The summed E-state index contributed by atoms with van der Waals surface area (Å²) < 4.78 is 0. The van der Waals surface area contributed by atoms with Gasteiger partial charge in [0.2, 0.25) is 0 Å². The lowest BCUT2D eigenvalue weighted by Crippen LogP contribution is -2.18. The summed E-state index contributed by atoms with van der Waals surface area (Å²) >= 11 is 0. The smallest absolute Gasteiger partial charge is 0.322 e. The summed E-state index contributed by atoms with van der Waals surface area (Å²) in [6.45, 7) is 3.52. The molecular formula is C9H13N3O3. The molecule has 0 aliphatic rings. The average molecular weight is 211 g/mol. The molecule has 3 N–H and O–H groups in total. The standard InChI is InChI=1S/C9H13N3O3/c1-5(2)9-11-6(3-7(13)12-9)10-4-8(14)15/h3,5H,4H2,1-2H3,(H,14,15)(H2,10,11,12,13). The van der Waals surface area contributed by atoms with Gasteiger partial charge in [-0.25, -0.2) is 4.98 Å². The van der Waals surface area contributed by atoms with Crippen LogP contribution >= 0.6 is 0 Å². The Morgan fingerprint density at radius 1 is 1.67 bits per heavy atom. The van der Waals surface area contributed by atoms with Crippen LogP contribution in [0.15, 0.2) is 10.9 Å². The van der Waals surface area contributed by atoms with Crippen LogP contribution in [-0.2, 0) is 4.79 Å². The minimum absolute atomic E-state index is 0.0873. The Morgan fingerprint density at radius 2 is 2.33 bits per heavy atom. The zero-order chi connectivity index (χ0) is 11.4. The molecule has 6 nitrogen and oxygen atoms in total. The molecule has 1 rings (SSSR count). The Morgan fingerprint density at radius 3 is 2.87 bits per heavy atom. The van der Waals surface area contributed by atoms with Crippen LogP contribution in [0.5, 0.6) is 0 Å².